The van der Waals surface area contributed by atoms with Crippen molar-refractivity contribution < 1.29 is 24.5 Å². The fourth-order valence-corrected chi connectivity index (χ4v) is 5.94. The minimum atomic E-state index is -1.51. The number of fused-ring (bicyclic) bond motifs is 5. The summed E-state index contributed by atoms with van der Waals surface area (Å²) in [6.45, 7) is 3.71. The topological polar surface area (TPSA) is 83.8 Å². The molecule has 0 aromatic heterocycles. The molecule has 0 spiro atoms. The van der Waals surface area contributed by atoms with Gasteiger partial charge in [-0.15, -0.1) is 0 Å². The third kappa shape index (κ3) is 2.06. The van der Waals surface area contributed by atoms with Crippen LogP contribution in [0.3, 0.4) is 0 Å². The van der Waals surface area contributed by atoms with E-state index in [0.29, 0.717) is 19.4 Å². The van der Waals surface area contributed by atoms with Crippen LogP contribution < -0.4 is 0 Å². The van der Waals surface area contributed by atoms with Crippen LogP contribution in [0.1, 0.15) is 39.5 Å². The highest BCUT2D eigenvalue weighted by Crippen LogP contribution is 2.62. The van der Waals surface area contributed by atoms with Gasteiger partial charge in [-0.3, -0.25) is 9.59 Å². The van der Waals surface area contributed by atoms with E-state index in [1.165, 1.54) is 0 Å². The Hall–Kier alpha value is -1.30. The summed E-state index contributed by atoms with van der Waals surface area (Å²) in [7, 11) is 0. The van der Waals surface area contributed by atoms with Gasteiger partial charge >= 0.3 is 0 Å². The number of carbonyl (C=O) groups excluding carboxylic acids is 2. The highest BCUT2D eigenvalue weighted by molar-refractivity contribution is 5.93. The number of hydrogen-bond acceptors (Lipinski definition) is 5. The van der Waals surface area contributed by atoms with E-state index >= 15 is 0 Å². The Kier molecular flexibility index (Phi) is 3.67. The molecule has 5 nitrogen and oxygen atoms in total. The van der Waals surface area contributed by atoms with Gasteiger partial charge in [-0.25, -0.2) is 0 Å². The number of rotatable bonds is 2. The summed E-state index contributed by atoms with van der Waals surface area (Å²) in [6, 6.07) is 0. The molecule has 136 valence electrons. The molecule has 0 aromatic carbocycles. The highest BCUT2D eigenvalue weighted by Gasteiger charge is 2.66. The zero-order valence-electron chi connectivity index (χ0n) is 14.8. The van der Waals surface area contributed by atoms with Gasteiger partial charge < -0.3 is 14.9 Å². The van der Waals surface area contributed by atoms with Crippen molar-refractivity contribution in [2.45, 2.75) is 51.2 Å². The predicted molar refractivity (Wildman–Crippen MR) is 90.7 cm³/mol. The first-order valence-corrected chi connectivity index (χ1v) is 9.16. The Morgan fingerprint density at radius 2 is 2.16 bits per heavy atom. The van der Waals surface area contributed by atoms with Gasteiger partial charge in [0, 0.05) is 17.3 Å². The van der Waals surface area contributed by atoms with Gasteiger partial charge in [0.1, 0.15) is 12.2 Å². The third-order valence-corrected chi connectivity index (χ3v) is 7.55. The maximum Gasteiger partial charge on any atom is 0.190 e. The molecule has 2 fully saturated rings. The number of carbonyl (C=O) groups is 2. The van der Waals surface area contributed by atoms with Crippen molar-refractivity contribution in [2.75, 3.05) is 13.2 Å². The third-order valence-electron chi connectivity index (χ3n) is 7.55. The molecular weight excluding hydrogens is 320 g/mol. The highest BCUT2D eigenvalue weighted by atomic mass is 16.5. The molecule has 5 heteroatoms. The average Bonchev–Trinajstić information content (AvgIpc) is 2.87. The molecule has 6 unspecified atom stereocenters. The van der Waals surface area contributed by atoms with Crippen LogP contribution >= 0.6 is 0 Å². The number of ether oxygens (including phenoxy) is 1. The van der Waals surface area contributed by atoms with E-state index < -0.39 is 23.4 Å². The van der Waals surface area contributed by atoms with Crippen LogP contribution in [0.25, 0.3) is 0 Å². The van der Waals surface area contributed by atoms with E-state index in [2.05, 4.69) is 13.0 Å². The normalized spacial score (nSPS) is 48.4. The van der Waals surface area contributed by atoms with Crippen LogP contribution in [0, 0.1) is 22.7 Å². The fraction of sp³-hybridized carbons (Fsp3) is 0.700. The zero-order chi connectivity index (χ0) is 18.0. The standard InChI is InChI=1S/C20H26O5/c1-18-7-5-13(22)9-12(18)3-4-14-15-6-8-20(24,16(23)10-21)19(15,2)11-25-17(14)18/h3,5,7,14-15,17,21,24H,4,6,8-11H2,1-2H3. The second-order valence-corrected chi connectivity index (χ2v) is 8.62. The van der Waals surface area contributed by atoms with Crippen molar-refractivity contribution in [1.29, 1.82) is 0 Å². The van der Waals surface area contributed by atoms with Crippen LogP contribution in [-0.4, -0.2) is 46.7 Å². The maximum atomic E-state index is 12.3. The van der Waals surface area contributed by atoms with Gasteiger partial charge in [0.25, 0.3) is 0 Å². The van der Waals surface area contributed by atoms with Crippen LogP contribution in [-0.2, 0) is 14.3 Å². The lowest BCUT2D eigenvalue weighted by Gasteiger charge is -2.56. The van der Waals surface area contributed by atoms with Gasteiger partial charge in [-0.2, -0.15) is 0 Å². The zero-order valence-corrected chi connectivity index (χ0v) is 14.8. The first kappa shape index (κ1) is 17.1. The predicted octanol–water partition coefficient (Wildman–Crippen LogP) is 1.58. The second-order valence-electron chi connectivity index (χ2n) is 8.62. The molecule has 0 radical (unpaired) electrons. The van der Waals surface area contributed by atoms with E-state index in [-0.39, 0.29) is 29.1 Å². The van der Waals surface area contributed by atoms with Gasteiger partial charge in [0.05, 0.1) is 12.7 Å². The Balaban J connectivity index is 1.71. The quantitative estimate of drug-likeness (QED) is 0.742. The van der Waals surface area contributed by atoms with Gasteiger partial charge in [-0.1, -0.05) is 24.6 Å². The Morgan fingerprint density at radius 1 is 1.40 bits per heavy atom. The van der Waals surface area contributed by atoms with Gasteiger partial charge in [0.15, 0.2) is 11.6 Å². The molecule has 25 heavy (non-hydrogen) atoms. The molecular formula is C20H26O5. The molecule has 0 bridgehead atoms. The first-order valence-electron chi connectivity index (χ1n) is 9.16. The van der Waals surface area contributed by atoms with Gasteiger partial charge in [-0.05, 0) is 44.1 Å². The molecule has 0 amide bonds. The van der Waals surface area contributed by atoms with Crippen LogP contribution in [0.4, 0.5) is 0 Å². The van der Waals surface area contributed by atoms with Crippen LogP contribution in [0.2, 0.25) is 0 Å². The summed E-state index contributed by atoms with van der Waals surface area (Å²) in [5, 5.41) is 20.4. The molecule has 3 aliphatic carbocycles. The van der Waals surface area contributed by atoms with Crippen LogP contribution in [0.15, 0.2) is 23.8 Å². The van der Waals surface area contributed by atoms with E-state index in [1.54, 1.807) is 6.08 Å². The summed E-state index contributed by atoms with van der Waals surface area (Å²) in [6.07, 6.45) is 8.16. The van der Waals surface area contributed by atoms with E-state index in [0.717, 1.165) is 18.4 Å². The Morgan fingerprint density at radius 3 is 2.88 bits per heavy atom. The molecule has 4 aliphatic rings. The van der Waals surface area contributed by atoms with E-state index in [9.17, 15) is 19.8 Å². The molecule has 1 aliphatic heterocycles. The monoisotopic (exact) mass is 346 g/mol. The van der Waals surface area contributed by atoms with E-state index in [1.807, 2.05) is 13.0 Å². The summed E-state index contributed by atoms with van der Waals surface area (Å²) in [5.41, 5.74) is -1.35. The summed E-state index contributed by atoms with van der Waals surface area (Å²) < 4.78 is 6.30. The summed E-state index contributed by atoms with van der Waals surface area (Å²) in [4.78, 5) is 24.1. The fourth-order valence-electron chi connectivity index (χ4n) is 5.94. The number of Topliss-reactive ketones (excluding diaryl/α,β-unsaturated/α-hetero) is 1. The van der Waals surface area contributed by atoms with Crippen molar-refractivity contribution >= 4 is 11.6 Å². The molecule has 2 N–H and O–H groups in total. The van der Waals surface area contributed by atoms with Crippen molar-refractivity contribution in [2.24, 2.45) is 22.7 Å². The molecule has 1 saturated carbocycles. The van der Waals surface area contributed by atoms with Crippen molar-refractivity contribution in [3.8, 4) is 0 Å². The first-order chi connectivity index (χ1) is 11.8. The summed E-state index contributed by atoms with van der Waals surface area (Å²) in [5.74, 6) is -0.00848. The second kappa shape index (κ2) is 5.35. The van der Waals surface area contributed by atoms with Gasteiger partial charge in [0.2, 0.25) is 0 Å². The van der Waals surface area contributed by atoms with Crippen molar-refractivity contribution in [3.05, 3.63) is 23.8 Å². The number of aliphatic hydroxyl groups is 2. The van der Waals surface area contributed by atoms with Crippen LogP contribution in [0.5, 0.6) is 0 Å². The Bertz CT molecular complexity index is 694. The number of aliphatic hydroxyl groups excluding tert-OH is 1. The lowest BCUT2D eigenvalue weighted by Crippen LogP contribution is -2.62. The van der Waals surface area contributed by atoms with E-state index in [4.69, 9.17) is 4.74 Å². The smallest absolute Gasteiger partial charge is 0.190 e. The number of allylic oxidation sites excluding steroid dienone is 2. The minimum Gasteiger partial charge on any atom is -0.388 e. The molecule has 1 saturated heterocycles. The molecule has 1 heterocycles. The minimum absolute atomic E-state index is 0.0403. The van der Waals surface area contributed by atoms with Crippen molar-refractivity contribution in [3.63, 3.8) is 0 Å². The van der Waals surface area contributed by atoms with Crippen molar-refractivity contribution in [1.82, 2.24) is 0 Å². The number of hydrogen-bond donors (Lipinski definition) is 2. The molecule has 0 aromatic rings. The SMILES string of the molecule is CC12C=CC(=O)CC1=CCC1C2OCC2(C)C1CCC2(O)C(=O)CO. The average molecular weight is 346 g/mol. The Labute approximate surface area is 147 Å². The largest absolute Gasteiger partial charge is 0.388 e. The lowest BCUT2D eigenvalue weighted by molar-refractivity contribution is -0.204. The maximum absolute atomic E-state index is 12.3. The molecule has 6 atom stereocenters. The lowest BCUT2D eigenvalue weighted by atomic mass is 9.55. The summed E-state index contributed by atoms with van der Waals surface area (Å²) >= 11 is 0. The molecule has 4 rings (SSSR count). The number of ketones is 2.